The van der Waals surface area contributed by atoms with Crippen molar-refractivity contribution in [1.82, 2.24) is 21.3 Å². The van der Waals surface area contributed by atoms with Gasteiger partial charge in [-0.3, -0.25) is 21.3 Å². The lowest BCUT2D eigenvalue weighted by Gasteiger charge is -2.36. The zero-order valence-electron chi connectivity index (χ0n) is 11.5. The van der Waals surface area contributed by atoms with Crippen LogP contribution in [-0.4, -0.2) is 49.8 Å². The summed E-state index contributed by atoms with van der Waals surface area (Å²) in [5.41, 5.74) is -0.703. The molecular formula is C11H20ClF3N4O2. The first-order valence-corrected chi connectivity index (χ1v) is 7.25. The van der Waals surface area contributed by atoms with Crippen LogP contribution in [0.4, 0.5) is 13.2 Å². The van der Waals surface area contributed by atoms with Gasteiger partial charge in [0.15, 0.2) is 6.35 Å². The van der Waals surface area contributed by atoms with E-state index in [9.17, 15) is 13.2 Å². The summed E-state index contributed by atoms with van der Waals surface area (Å²) in [6.07, 6.45) is -3.53. The Labute approximate surface area is 126 Å². The molecule has 2 rings (SSSR count). The molecule has 2 saturated heterocycles. The second-order valence-electron chi connectivity index (χ2n) is 5.16. The van der Waals surface area contributed by atoms with Gasteiger partial charge in [0.25, 0.3) is 0 Å². The van der Waals surface area contributed by atoms with E-state index in [1.54, 1.807) is 0 Å². The lowest BCUT2D eigenvalue weighted by atomic mass is 10.2. The van der Waals surface area contributed by atoms with Gasteiger partial charge < -0.3 is 9.47 Å². The first-order chi connectivity index (χ1) is 9.82. The van der Waals surface area contributed by atoms with E-state index in [0.717, 1.165) is 12.8 Å². The zero-order valence-corrected chi connectivity index (χ0v) is 12.3. The van der Waals surface area contributed by atoms with E-state index >= 15 is 0 Å². The average Bonchev–Trinajstić information content (AvgIpc) is 2.79. The van der Waals surface area contributed by atoms with Crippen LogP contribution in [0.2, 0.25) is 0 Å². The minimum atomic E-state index is -4.38. The quantitative estimate of drug-likeness (QED) is 0.437. The first-order valence-electron chi connectivity index (χ1n) is 6.81. The lowest BCUT2D eigenvalue weighted by Crippen LogP contribution is -2.71. The lowest BCUT2D eigenvalue weighted by molar-refractivity contribution is -0.197. The summed E-state index contributed by atoms with van der Waals surface area (Å²) < 4.78 is 46.7. The molecule has 10 heteroatoms. The van der Waals surface area contributed by atoms with Crippen LogP contribution in [-0.2, 0) is 9.47 Å². The molecule has 0 aliphatic carbocycles. The van der Waals surface area contributed by atoms with Gasteiger partial charge in [0.1, 0.15) is 18.5 Å². The Morgan fingerprint density at radius 2 is 2.05 bits per heavy atom. The third kappa shape index (κ3) is 6.23. The normalized spacial score (nSPS) is 37.9. The Morgan fingerprint density at radius 3 is 2.67 bits per heavy atom. The van der Waals surface area contributed by atoms with Crippen LogP contribution in [0, 0.1) is 0 Å². The van der Waals surface area contributed by atoms with E-state index < -0.39 is 31.0 Å². The molecule has 0 spiro atoms. The number of nitrogens with one attached hydrogen (secondary N) is 4. The van der Waals surface area contributed by atoms with E-state index in [1.807, 2.05) is 6.92 Å². The number of halogens is 4. The number of rotatable bonds is 5. The molecule has 0 amide bonds. The smallest absolute Gasteiger partial charge is 0.374 e. The molecule has 2 fully saturated rings. The van der Waals surface area contributed by atoms with Crippen LogP contribution in [0.1, 0.15) is 19.8 Å². The van der Waals surface area contributed by atoms with Crippen LogP contribution in [0.5, 0.6) is 0 Å². The monoisotopic (exact) mass is 332 g/mol. The second kappa shape index (κ2) is 7.40. The van der Waals surface area contributed by atoms with Gasteiger partial charge >= 0.3 is 6.18 Å². The molecule has 21 heavy (non-hydrogen) atoms. The Morgan fingerprint density at radius 1 is 1.29 bits per heavy atom. The van der Waals surface area contributed by atoms with Gasteiger partial charge in [-0.2, -0.15) is 13.2 Å². The minimum Gasteiger partial charge on any atom is -0.374 e. The van der Waals surface area contributed by atoms with Gasteiger partial charge in [0.2, 0.25) is 0 Å². The standard InChI is InChI=1S/C11H20ClF3N4O2/c1-6-2-3-7(21-6)4-16-9-17-8(12)18-10(19-9)20-5-11(13,14)15/h6-10,16-19H,2-5H2,1H3. The van der Waals surface area contributed by atoms with Crippen LogP contribution in [0.25, 0.3) is 0 Å². The highest BCUT2D eigenvalue weighted by Crippen LogP contribution is 2.18. The van der Waals surface area contributed by atoms with Crippen molar-refractivity contribution in [2.45, 2.75) is 56.4 Å². The molecule has 2 aliphatic heterocycles. The highest BCUT2D eigenvalue weighted by Gasteiger charge is 2.33. The number of hydrogen-bond donors (Lipinski definition) is 4. The molecule has 6 nitrogen and oxygen atoms in total. The average molecular weight is 333 g/mol. The van der Waals surface area contributed by atoms with Crippen LogP contribution in [0.15, 0.2) is 0 Å². The van der Waals surface area contributed by atoms with Crippen molar-refractivity contribution < 1.29 is 22.6 Å². The van der Waals surface area contributed by atoms with E-state index in [-0.39, 0.29) is 12.2 Å². The Hall–Kier alpha value is -0.160. The molecule has 0 aromatic heterocycles. The molecule has 124 valence electrons. The molecule has 0 aromatic rings. The first kappa shape index (κ1) is 17.2. The van der Waals surface area contributed by atoms with Gasteiger partial charge in [-0.25, -0.2) is 0 Å². The Balaban J connectivity index is 1.72. The molecule has 2 heterocycles. The number of hydrogen-bond acceptors (Lipinski definition) is 6. The number of ether oxygens (including phenoxy) is 2. The summed E-state index contributed by atoms with van der Waals surface area (Å²) in [6, 6.07) is 0. The summed E-state index contributed by atoms with van der Waals surface area (Å²) in [6.45, 7) is 1.23. The SMILES string of the molecule is CC1CCC(CNC2NC(Cl)NC(OCC(F)(F)F)N2)O1. The highest BCUT2D eigenvalue weighted by molar-refractivity contribution is 6.20. The second-order valence-corrected chi connectivity index (χ2v) is 5.59. The Kier molecular flexibility index (Phi) is 6.06. The van der Waals surface area contributed by atoms with Gasteiger partial charge in [0, 0.05) is 6.54 Å². The fraction of sp³-hybridized carbons (Fsp3) is 1.00. The molecule has 2 aliphatic rings. The van der Waals surface area contributed by atoms with Gasteiger partial charge in [0.05, 0.1) is 12.2 Å². The predicted octanol–water partition coefficient (Wildman–Crippen LogP) is 0.594. The summed E-state index contributed by atoms with van der Waals surface area (Å²) in [7, 11) is 0. The van der Waals surface area contributed by atoms with Crippen LogP contribution in [0.3, 0.4) is 0 Å². The summed E-state index contributed by atoms with van der Waals surface area (Å²) in [4.78, 5) is 0. The van der Waals surface area contributed by atoms with Crippen molar-refractivity contribution in [2.24, 2.45) is 0 Å². The third-order valence-corrected chi connectivity index (χ3v) is 3.46. The van der Waals surface area contributed by atoms with Crippen molar-refractivity contribution in [3.8, 4) is 0 Å². The molecule has 0 aromatic carbocycles. The van der Waals surface area contributed by atoms with Crippen molar-refractivity contribution in [3.05, 3.63) is 0 Å². The largest absolute Gasteiger partial charge is 0.411 e. The maximum Gasteiger partial charge on any atom is 0.411 e. The fourth-order valence-electron chi connectivity index (χ4n) is 2.25. The van der Waals surface area contributed by atoms with E-state index in [2.05, 4.69) is 21.3 Å². The van der Waals surface area contributed by atoms with E-state index in [4.69, 9.17) is 21.1 Å². The topological polar surface area (TPSA) is 66.6 Å². The molecular weight excluding hydrogens is 313 g/mol. The summed E-state index contributed by atoms with van der Waals surface area (Å²) in [5.74, 6) is 0. The molecule has 0 saturated carbocycles. The van der Waals surface area contributed by atoms with Crippen LogP contribution >= 0.6 is 11.6 Å². The Bertz CT molecular complexity index is 337. The third-order valence-electron chi connectivity index (χ3n) is 3.21. The summed E-state index contributed by atoms with van der Waals surface area (Å²) >= 11 is 5.88. The molecule has 5 unspecified atom stereocenters. The summed E-state index contributed by atoms with van der Waals surface area (Å²) in [5, 5.41) is 11.4. The van der Waals surface area contributed by atoms with E-state index in [0.29, 0.717) is 6.54 Å². The van der Waals surface area contributed by atoms with Crippen molar-refractivity contribution in [1.29, 1.82) is 0 Å². The van der Waals surface area contributed by atoms with Crippen molar-refractivity contribution >= 4 is 11.6 Å². The highest BCUT2D eigenvalue weighted by atomic mass is 35.5. The molecule has 0 radical (unpaired) electrons. The predicted molar refractivity (Wildman–Crippen MR) is 70.2 cm³/mol. The maximum absolute atomic E-state index is 12.1. The van der Waals surface area contributed by atoms with Gasteiger partial charge in [-0.05, 0) is 19.8 Å². The van der Waals surface area contributed by atoms with E-state index in [1.165, 1.54) is 0 Å². The number of alkyl halides is 4. The fourth-order valence-corrected chi connectivity index (χ4v) is 2.49. The maximum atomic E-state index is 12.1. The zero-order chi connectivity index (χ0) is 15.5. The molecule has 0 bridgehead atoms. The van der Waals surface area contributed by atoms with Crippen molar-refractivity contribution in [3.63, 3.8) is 0 Å². The molecule has 4 N–H and O–H groups in total. The van der Waals surface area contributed by atoms with Crippen LogP contribution < -0.4 is 21.3 Å². The minimum absolute atomic E-state index is 0.0989. The van der Waals surface area contributed by atoms with Crippen molar-refractivity contribution in [2.75, 3.05) is 13.2 Å². The molecule has 5 atom stereocenters. The van der Waals surface area contributed by atoms with Gasteiger partial charge in [-0.15, -0.1) is 0 Å². The van der Waals surface area contributed by atoms with Gasteiger partial charge in [-0.1, -0.05) is 11.6 Å².